The number of benzene rings is 1. The van der Waals surface area contributed by atoms with Gasteiger partial charge in [-0.3, -0.25) is 4.57 Å². The van der Waals surface area contributed by atoms with Gasteiger partial charge in [0, 0.05) is 5.69 Å². The third-order valence-corrected chi connectivity index (χ3v) is 3.42. The van der Waals surface area contributed by atoms with E-state index in [0.29, 0.717) is 16.1 Å². The van der Waals surface area contributed by atoms with Crippen molar-refractivity contribution in [2.45, 2.75) is 6.92 Å². The Morgan fingerprint density at radius 2 is 2.11 bits per heavy atom. The van der Waals surface area contributed by atoms with E-state index >= 15 is 0 Å². The molecule has 0 aliphatic rings. The van der Waals surface area contributed by atoms with Crippen molar-refractivity contribution >= 4 is 35.0 Å². The number of fused-ring (bicyclic) bond motifs is 1. The summed E-state index contributed by atoms with van der Waals surface area (Å²) in [7, 11) is 0. The molecule has 0 amide bonds. The van der Waals surface area contributed by atoms with Gasteiger partial charge in [-0.1, -0.05) is 11.6 Å². The van der Waals surface area contributed by atoms with Gasteiger partial charge in [0.2, 0.25) is 0 Å². The van der Waals surface area contributed by atoms with E-state index in [1.165, 1.54) is 12.1 Å². The van der Waals surface area contributed by atoms with Gasteiger partial charge in [-0.2, -0.15) is 0 Å². The maximum atomic E-state index is 13.6. The van der Waals surface area contributed by atoms with Gasteiger partial charge in [-0.25, -0.2) is 9.37 Å². The van der Waals surface area contributed by atoms with Gasteiger partial charge >= 0.3 is 0 Å². The largest absolute Gasteiger partial charge is 0.329 e. The average Bonchev–Trinajstić information content (AvgIpc) is 2.68. The Morgan fingerprint density at radius 3 is 2.84 bits per heavy atom. The number of rotatable bonds is 1. The smallest absolute Gasteiger partial charge is 0.183 e. The van der Waals surface area contributed by atoms with E-state index in [1.54, 1.807) is 10.6 Å². The molecule has 0 saturated heterocycles. The number of halogens is 2. The SMILES string of the molecule is Cc1ccc2[nH]c(=S)n(-c3ccc(Cl)c(F)c3)c2n1. The standard InChI is InChI=1S/C13H9ClFN3S/c1-7-2-5-11-12(16-7)18(13(19)17-11)8-3-4-9(14)10(15)6-8/h2-6H,1H3,(H,17,19). The quantitative estimate of drug-likeness (QED) is 0.683. The van der Waals surface area contributed by atoms with Crippen LogP contribution in [0.5, 0.6) is 0 Å². The number of aromatic nitrogens is 3. The molecule has 1 N–H and O–H groups in total. The Labute approximate surface area is 118 Å². The van der Waals surface area contributed by atoms with Crippen molar-refractivity contribution in [1.29, 1.82) is 0 Å². The first kappa shape index (κ1) is 12.3. The summed E-state index contributed by atoms with van der Waals surface area (Å²) in [6, 6.07) is 8.34. The van der Waals surface area contributed by atoms with Gasteiger partial charge in [0.25, 0.3) is 0 Å². The Balaban J connectivity index is 2.35. The van der Waals surface area contributed by atoms with E-state index in [-0.39, 0.29) is 5.02 Å². The monoisotopic (exact) mass is 293 g/mol. The second-order valence-electron chi connectivity index (χ2n) is 4.19. The summed E-state index contributed by atoms with van der Waals surface area (Å²) in [5, 5.41) is 0.0826. The lowest BCUT2D eigenvalue weighted by atomic mass is 10.3. The molecule has 3 aromatic rings. The van der Waals surface area contributed by atoms with Crippen LogP contribution in [0.4, 0.5) is 4.39 Å². The van der Waals surface area contributed by atoms with Gasteiger partial charge in [0.05, 0.1) is 16.2 Å². The molecule has 0 unspecified atom stereocenters. The van der Waals surface area contributed by atoms with Gasteiger partial charge < -0.3 is 4.98 Å². The van der Waals surface area contributed by atoms with Crippen molar-refractivity contribution in [1.82, 2.24) is 14.5 Å². The third-order valence-electron chi connectivity index (χ3n) is 2.83. The Bertz CT molecular complexity index is 838. The number of aryl methyl sites for hydroxylation is 1. The predicted molar refractivity (Wildman–Crippen MR) is 76.0 cm³/mol. The molecule has 0 aliphatic heterocycles. The summed E-state index contributed by atoms with van der Waals surface area (Å²) in [6.07, 6.45) is 0. The first-order valence-electron chi connectivity index (χ1n) is 5.60. The van der Waals surface area contributed by atoms with Crippen molar-refractivity contribution in [3.8, 4) is 5.69 Å². The number of hydrogen-bond acceptors (Lipinski definition) is 2. The Morgan fingerprint density at radius 1 is 1.32 bits per heavy atom. The lowest BCUT2D eigenvalue weighted by Crippen LogP contribution is -1.97. The van der Waals surface area contributed by atoms with E-state index in [4.69, 9.17) is 23.8 Å². The highest BCUT2D eigenvalue weighted by atomic mass is 35.5. The molecule has 0 fully saturated rings. The van der Waals surface area contributed by atoms with Crippen molar-refractivity contribution in [3.63, 3.8) is 0 Å². The molecule has 3 nitrogen and oxygen atoms in total. The number of aromatic amines is 1. The first-order valence-corrected chi connectivity index (χ1v) is 6.39. The number of H-pyrrole nitrogens is 1. The van der Waals surface area contributed by atoms with Gasteiger partial charge in [-0.05, 0) is 49.5 Å². The Kier molecular flexibility index (Phi) is 2.88. The second-order valence-corrected chi connectivity index (χ2v) is 4.98. The molecule has 0 saturated carbocycles. The fourth-order valence-electron chi connectivity index (χ4n) is 1.94. The van der Waals surface area contributed by atoms with E-state index in [9.17, 15) is 4.39 Å². The maximum absolute atomic E-state index is 13.6. The number of nitrogens with one attached hydrogen (secondary N) is 1. The summed E-state index contributed by atoms with van der Waals surface area (Å²) in [5.41, 5.74) is 2.94. The number of imidazole rings is 1. The van der Waals surface area contributed by atoms with E-state index in [1.807, 2.05) is 19.1 Å². The lowest BCUT2D eigenvalue weighted by molar-refractivity contribution is 0.627. The highest BCUT2D eigenvalue weighted by Crippen LogP contribution is 2.22. The molecule has 0 bridgehead atoms. The predicted octanol–water partition coefficient (Wildman–Crippen LogP) is 4.18. The summed E-state index contributed by atoms with van der Waals surface area (Å²) >= 11 is 11.0. The first-order chi connectivity index (χ1) is 9.06. The molecule has 0 atom stereocenters. The third kappa shape index (κ3) is 2.05. The van der Waals surface area contributed by atoms with Crippen molar-refractivity contribution < 1.29 is 4.39 Å². The van der Waals surface area contributed by atoms with Crippen LogP contribution in [-0.4, -0.2) is 14.5 Å². The number of pyridine rings is 1. The number of hydrogen-bond donors (Lipinski definition) is 1. The Hall–Kier alpha value is -1.72. The maximum Gasteiger partial charge on any atom is 0.183 e. The van der Waals surface area contributed by atoms with Crippen LogP contribution in [-0.2, 0) is 0 Å². The van der Waals surface area contributed by atoms with Crippen molar-refractivity contribution in [2.24, 2.45) is 0 Å². The fourth-order valence-corrected chi connectivity index (χ4v) is 2.36. The van der Waals surface area contributed by atoms with E-state index < -0.39 is 5.82 Å². The zero-order valence-electron chi connectivity index (χ0n) is 9.95. The molecule has 0 aliphatic carbocycles. The van der Waals surface area contributed by atoms with Crippen LogP contribution in [0, 0.1) is 17.5 Å². The van der Waals surface area contributed by atoms with Crippen LogP contribution >= 0.6 is 23.8 Å². The minimum atomic E-state index is -0.483. The van der Waals surface area contributed by atoms with Crippen LogP contribution < -0.4 is 0 Å². The summed E-state index contributed by atoms with van der Waals surface area (Å²) in [5.74, 6) is -0.483. The van der Waals surface area contributed by atoms with Gasteiger partial charge in [0.1, 0.15) is 5.82 Å². The normalized spacial score (nSPS) is 11.1. The van der Waals surface area contributed by atoms with Crippen LogP contribution in [0.2, 0.25) is 5.02 Å². The molecule has 19 heavy (non-hydrogen) atoms. The molecule has 1 aromatic carbocycles. The minimum absolute atomic E-state index is 0.0826. The fraction of sp³-hybridized carbons (Fsp3) is 0.0769. The highest BCUT2D eigenvalue weighted by Gasteiger charge is 2.10. The molecular formula is C13H9ClFN3S. The van der Waals surface area contributed by atoms with Gasteiger partial charge in [-0.15, -0.1) is 0 Å². The second kappa shape index (κ2) is 4.43. The minimum Gasteiger partial charge on any atom is -0.329 e. The molecule has 2 aromatic heterocycles. The summed E-state index contributed by atoms with van der Waals surface area (Å²) in [4.78, 5) is 7.48. The average molecular weight is 294 g/mol. The molecule has 2 heterocycles. The molecular weight excluding hydrogens is 285 g/mol. The zero-order valence-corrected chi connectivity index (χ0v) is 11.5. The molecule has 96 valence electrons. The van der Waals surface area contributed by atoms with Crippen LogP contribution in [0.25, 0.3) is 16.9 Å². The van der Waals surface area contributed by atoms with Crippen molar-refractivity contribution in [3.05, 3.63) is 51.6 Å². The van der Waals surface area contributed by atoms with Crippen molar-refractivity contribution in [2.75, 3.05) is 0 Å². The lowest BCUT2D eigenvalue weighted by Gasteiger charge is -2.05. The molecule has 0 radical (unpaired) electrons. The molecule has 6 heteroatoms. The van der Waals surface area contributed by atoms with E-state index in [2.05, 4.69) is 9.97 Å². The van der Waals surface area contributed by atoms with Gasteiger partial charge in [0.15, 0.2) is 10.4 Å². The highest BCUT2D eigenvalue weighted by molar-refractivity contribution is 7.71. The van der Waals surface area contributed by atoms with E-state index in [0.717, 1.165) is 11.2 Å². The topological polar surface area (TPSA) is 33.6 Å². The molecule has 3 rings (SSSR count). The van der Waals surface area contributed by atoms with Crippen LogP contribution in [0.3, 0.4) is 0 Å². The number of nitrogens with zero attached hydrogens (tertiary/aromatic N) is 2. The van der Waals surface area contributed by atoms with Crippen LogP contribution in [0.1, 0.15) is 5.69 Å². The zero-order chi connectivity index (χ0) is 13.6. The summed E-state index contributed by atoms with van der Waals surface area (Å²) in [6.45, 7) is 1.89. The van der Waals surface area contributed by atoms with Crippen LogP contribution in [0.15, 0.2) is 30.3 Å². The summed E-state index contributed by atoms with van der Waals surface area (Å²) < 4.78 is 15.7. The molecule has 0 spiro atoms.